The number of carbonyl (C=O) groups is 3. The molecule has 2 saturated heterocycles. The highest BCUT2D eigenvalue weighted by molar-refractivity contribution is 6.01. The van der Waals surface area contributed by atoms with Crippen molar-refractivity contribution in [1.82, 2.24) is 9.80 Å². The first kappa shape index (κ1) is 18.1. The van der Waals surface area contributed by atoms with Gasteiger partial charge in [-0.1, -0.05) is 12.1 Å². The lowest BCUT2D eigenvalue weighted by molar-refractivity contribution is -0.117. The molecule has 1 aromatic heterocycles. The Balaban J connectivity index is 1.38. The van der Waals surface area contributed by atoms with E-state index >= 15 is 0 Å². The first-order valence-electron chi connectivity index (χ1n) is 9.41. The van der Waals surface area contributed by atoms with E-state index in [2.05, 4.69) is 5.32 Å². The summed E-state index contributed by atoms with van der Waals surface area (Å²) >= 11 is 0. The first-order valence-corrected chi connectivity index (χ1v) is 9.41. The number of urea groups is 1. The van der Waals surface area contributed by atoms with Gasteiger partial charge in [-0.05, 0) is 30.7 Å². The Morgan fingerprint density at radius 3 is 2.36 bits per heavy atom. The van der Waals surface area contributed by atoms with Gasteiger partial charge in [0.05, 0.1) is 17.6 Å². The Hall–Kier alpha value is -3.29. The van der Waals surface area contributed by atoms with Crippen molar-refractivity contribution in [3.63, 3.8) is 0 Å². The molecular formula is C20H22N4O4. The average Bonchev–Trinajstić information content (AvgIpc) is 3.40. The molecule has 146 valence electrons. The standard InChI is InChI=1S/C20H22N4O4/c25-18-8-3-9-24(18)16-6-2-1-5-15(16)21-20(27)23-12-10-22(11-13-23)19(26)17-7-4-14-28-17/h1-2,4-7,14H,3,8-13H2,(H,21,27). The van der Waals surface area contributed by atoms with Crippen LogP contribution in [0.25, 0.3) is 0 Å². The third-order valence-electron chi connectivity index (χ3n) is 5.10. The molecule has 28 heavy (non-hydrogen) atoms. The zero-order valence-corrected chi connectivity index (χ0v) is 15.5. The van der Waals surface area contributed by atoms with E-state index in [0.29, 0.717) is 50.6 Å². The molecule has 4 amide bonds. The van der Waals surface area contributed by atoms with E-state index < -0.39 is 0 Å². The minimum Gasteiger partial charge on any atom is -0.459 e. The van der Waals surface area contributed by atoms with Gasteiger partial charge in [0.25, 0.3) is 5.91 Å². The molecule has 8 nitrogen and oxygen atoms in total. The van der Waals surface area contributed by atoms with E-state index in [0.717, 1.165) is 12.1 Å². The average molecular weight is 382 g/mol. The summed E-state index contributed by atoms with van der Waals surface area (Å²) in [6.45, 7) is 2.42. The summed E-state index contributed by atoms with van der Waals surface area (Å²) in [6, 6.07) is 10.4. The minimum atomic E-state index is -0.232. The van der Waals surface area contributed by atoms with E-state index in [-0.39, 0.29) is 17.8 Å². The maximum Gasteiger partial charge on any atom is 0.322 e. The fourth-order valence-electron chi connectivity index (χ4n) is 3.58. The Bertz CT molecular complexity index is 872. The van der Waals surface area contributed by atoms with Crippen LogP contribution in [0, 0.1) is 0 Å². The fourth-order valence-corrected chi connectivity index (χ4v) is 3.58. The molecule has 2 aliphatic heterocycles. The van der Waals surface area contributed by atoms with Gasteiger partial charge in [0, 0.05) is 39.1 Å². The maximum absolute atomic E-state index is 12.7. The van der Waals surface area contributed by atoms with E-state index in [1.807, 2.05) is 18.2 Å². The van der Waals surface area contributed by atoms with Crippen LogP contribution in [0.4, 0.5) is 16.2 Å². The maximum atomic E-state index is 12.7. The predicted octanol–water partition coefficient (Wildman–Crippen LogP) is 2.40. The van der Waals surface area contributed by atoms with Crippen LogP contribution >= 0.6 is 0 Å². The third kappa shape index (κ3) is 3.58. The number of anilines is 2. The highest BCUT2D eigenvalue weighted by Crippen LogP contribution is 2.29. The number of nitrogens with zero attached hydrogens (tertiary/aromatic N) is 3. The lowest BCUT2D eigenvalue weighted by Gasteiger charge is -2.34. The molecule has 2 aliphatic rings. The third-order valence-corrected chi connectivity index (χ3v) is 5.10. The van der Waals surface area contributed by atoms with Crippen molar-refractivity contribution in [2.45, 2.75) is 12.8 Å². The van der Waals surface area contributed by atoms with Crippen molar-refractivity contribution in [1.29, 1.82) is 0 Å². The number of para-hydroxylation sites is 2. The van der Waals surface area contributed by atoms with E-state index in [1.54, 1.807) is 32.9 Å². The number of furan rings is 1. The smallest absolute Gasteiger partial charge is 0.322 e. The number of hydrogen-bond donors (Lipinski definition) is 1. The van der Waals surface area contributed by atoms with Crippen molar-refractivity contribution in [3.05, 3.63) is 48.4 Å². The molecule has 2 aromatic rings. The highest BCUT2D eigenvalue weighted by atomic mass is 16.3. The van der Waals surface area contributed by atoms with E-state index in [9.17, 15) is 14.4 Å². The van der Waals surface area contributed by atoms with Crippen molar-refractivity contribution < 1.29 is 18.8 Å². The lowest BCUT2D eigenvalue weighted by Crippen LogP contribution is -2.51. The molecule has 1 N–H and O–H groups in total. The van der Waals surface area contributed by atoms with Crippen molar-refractivity contribution in [2.24, 2.45) is 0 Å². The van der Waals surface area contributed by atoms with Crippen LogP contribution in [0.15, 0.2) is 47.1 Å². The quantitative estimate of drug-likeness (QED) is 0.883. The minimum absolute atomic E-state index is 0.0757. The Labute approximate surface area is 162 Å². The van der Waals surface area contributed by atoms with Gasteiger partial charge in [-0.3, -0.25) is 9.59 Å². The van der Waals surface area contributed by atoms with Crippen LogP contribution in [-0.2, 0) is 4.79 Å². The number of carbonyl (C=O) groups excluding carboxylic acids is 3. The molecule has 0 radical (unpaired) electrons. The number of piperazine rings is 1. The van der Waals surface area contributed by atoms with Crippen LogP contribution in [0.5, 0.6) is 0 Å². The number of amides is 4. The summed E-state index contributed by atoms with van der Waals surface area (Å²) < 4.78 is 5.16. The van der Waals surface area contributed by atoms with E-state index in [1.165, 1.54) is 6.26 Å². The molecule has 8 heteroatoms. The second kappa shape index (κ2) is 7.75. The summed E-state index contributed by atoms with van der Waals surface area (Å²) in [4.78, 5) is 42.2. The Morgan fingerprint density at radius 1 is 0.929 bits per heavy atom. The molecule has 0 aliphatic carbocycles. The van der Waals surface area contributed by atoms with E-state index in [4.69, 9.17) is 4.42 Å². The molecule has 0 atom stereocenters. The molecule has 1 aromatic carbocycles. The molecule has 0 saturated carbocycles. The molecule has 2 fully saturated rings. The Morgan fingerprint density at radius 2 is 1.68 bits per heavy atom. The lowest BCUT2D eigenvalue weighted by atomic mass is 10.2. The predicted molar refractivity (Wildman–Crippen MR) is 103 cm³/mol. The topological polar surface area (TPSA) is 86.1 Å². The summed E-state index contributed by atoms with van der Waals surface area (Å²) in [5.41, 5.74) is 1.35. The normalized spacial score (nSPS) is 17.1. The molecule has 0 unspecified atom stereocenters. The summed E-state index contributed by atoms with van der Waals surface area (Å²) in [6.07, 6.45) is 2.83. The number of benzene rings is 1. The van der Waals surface area contributed by atoms with Gasteiger partial charge >= 0.3 is 6.03 Å². The van der Waals surface area contributed by atoms with Gasteiger partial charge < -0.3 is 24.4 Å². The van der Waals surface area contributed by atoms with Crippen LogP contribution in [0.2, 0.25) is 0 Å². The molecule has 3 heterocycles. The van der Waals surface area contributed by atoms with Crippen molar-refractivity contribution >= 4 is 29.2 Å². The largest absolute Gasteiger partial charge is 0.459 e. The second-order valence-electron chi connectivity index (χ2n) is 6.85. The van der Waals surface area contributed by atoms with Gasteiger partial charge in [-0.25, -0.2) is 4.79 Å². The number of hydrogen-bond acceptors (Lipinski definition) is 4. The zero-order chi connectivity index (χ0) is 19.5. The SMILES string of the molecule is O=C(Nc1ccccc1N1CCCC1=O)N1CCN(C(=O)c2ccco2)CC1. The monoisotopic (exact) mass is 382 g/mol. The highest BCUT2D eigenvalue weighted by Gasteiger charge is 2.28. The van der Waals surface area contributed by atoms with Gasteiger partial charge in [0.15, 0.2) is 5.76 Å². The molecule has 0 spiro atoms. The second-order valence-corrected chi connectivity index (χ2v) is 6.85. The summed E-state index contributed by atoms with van der Waals surface area (Å²) in [5.74, 6) is 0.219. The van der Waals surface area contributed by atoms with Crippen LogP contribution < -0.4 is 10.2 Å². The van der Waals surface area contributed by atoms with Gasteiger partial charge in [0.2, 0.25) is 5.91 Å². The van der Waals surface area contributed by atoms with Crippen LogP contribution in [-0.4, -0.2) is 60.4 Å². The summed E-state index contributed by atoms with van der Waals surface area (Å²) in [5, 5.41) is 2.92. The van der Waals surface area contributed by atoms with Gasteiger partial charge in [-0.15, -0.1) is 0 Å². The van der Waals surface area contributed by atoms with Gasteiger partial charge in [-0.2, -0.15) is 0 Å². The van der Waals surface area contributed by atoms with Crippen molar-refractivity contribution in [2.75, 3.05) is 42.9 Å². The number of nitrogens with one attached hydrogen (secondary N) is 1. The Kier molecular flexibility index (Phi) is 5.01. The van der Waals surface area contributed by atoms with Gasteiger partial charge in [0.1, 0.15) is 0 Å². The molecule has 4 rings (SSSR count). The fraction of sp³-hybridized carbons (Fsp3) is 0.350. The zero-order valence-electron chi connectivity index (χ0n) is 15.5. The van der Waals surface area contributed by atoms with Crippen LogP contribution in [0.3, 0.4) is 0 Å². The van der Waals surface area contributed by atoms with Crippen molar-refractivity contribution in [3.8, 4) is 0 Å². The first-order chi connectivity index (χ1) is 13.6. The summed E-state index contributed by atoms with van der Waals surface area (Å²) in [7, 11) is 0. The molecule has 0 bridgehead atoms. The molecular weight excluding hydrogens is 360 g/mol. The number of rotatable bonds is 3. The van der Waals surface area contributed by atoms with Crippen LogP contribution in [0.1, 0.15) is 23.4 Å².